The molecule has 0 radical (unpaired) electrons. The van der Waals surface area contributed by atoms with Gasteiger partial charge in [-0.25, -0.2) is 14.2 Å². The van der Waals surface area contributed by atoms with Crippen LogP contribution < -0.4 is 0 Å². The van der Waals surface area contributed by atoms with Gasteiger partial charge >= 0.3 is 5.97 Å². The van der Waals surface area contributed by atoms with Crippen molar-refractivity contribution in [3.63, 3.8) is 0 Å². The van der Waals surface area contributed by atoms with Crippen LogP contribution in [0.4, 0.5) is 4.39 Å². The van der Waals surface area contributed by atoms with E-state index >= 15 is 0 Å². The molecule has 3 rings (SSSR count). The van der Waals surface area contributed by atoms with E-state index in [2.05, 4.69) is 4.98 Å². The van der Waals surface area contributed by atoms with Gasteiger partial charge in [-0.05, 0) is 43.3 Å². The van der Waals surface area contributed by atoms with Gasteiger partial charge in [-0.1, -0.05) is 0 Å². The molecule has 100 valence electrons. The van der Waals surface area contributed by atoms with Crippen LogP contribution in [0.15, 0.2) is 42.6 Å². The number of benzene rings is 1. The zero-order valence-electron chi connectivity index (χ0n) is 10.7. The van der Waals surface area contributed by atoms with Crippen molar-refractivity contribution in [2.75, 3.05) is 0 Å². The van der Waals surface area contributed by atoms with Crippen molar-refractivity contribution in [3.8, 4) is 11.3 Å². The molecule has 0 saturated carbocycles. The Morgan fingerprint density at radius 1 is 1.25 bits per heavy atom. The molecule has 0 unspecified atom stereocenters. The van der Waals surface area contributed by atoms with E-state index in [0.717, 1.165) is 11.3 Å². The van der Waals surface area contributed by atoms with Gasteiger partial charge in [-0.15, -0.1) is 0 Å². The lowest BCUT2D eigenvalue weighted by Crippen LogP contribution is -2.00. The van der Waals surface area contributed by atoms with Crippen molar-refractivity contribution >= 4 is 11.6 Å². The molecular weight excluding hydrogens is 259 g/mol. The van der Waals surface area contributed by atoms with Crippen molar-refractivity contribution < 1.29 is 14.3 Å². The third-order valence-electron chi connectivity index (χ3n) is 3.18. The normalized spacial score (nSPS) is 10.9. The van der Waals surface area contributed by atoms with E-state index in [9.17, 15) is 9.18 Å². The second-order valence-corrected chi connectivity index (χ2v) is 4.52. The van der Waals surface area contributed by atoms with Crippen LogP contribution in [0.25, 0.3) is 16.9 Å². The third kappa shape index (κ3) is 1.93. The second kappa shape index (κ2) is 4.45. The van der Waals surface area contributed by atoms with Gasteiger partial charge in [0, 0.05) is 17.5 Å². The molecule has 0 aliphatic heterocycles. The molecule has 1 aromatic carbocycles. The Kier molecular flexibility index (Phi) is 2.75. The number of carboxylic acid groups (broad SMARTS) is 1. The van der Waals surface area contributed by atoms with Gasteiger partial charge in [0.05, 0.1) is 5.69 Å². The van der Waals surface area contributed by atoms with E-state index in [1.165, 1.54) is 18.2 Å². The number of nitrogens with zero attached hydrogens (tertiary/aromatic N) is 2. The summed E-state index contributed by atoms with van der Waals surface area (Å²) in [6.45, 7) is 1.87. The topological polar surface area (TPSA) is 54.6 Å². The van der Waals surface area contributed by atoms with Gasteiger partial charge in [0.25, 0.3) is 0 Å². The molecule has 2 heterocycles. The van der Waals surface area contributed by atoms with Gasteiger partial charge < -0.3 is 9.51 Å². The smallest absolute Gasteiger partial charge is 0.339 e. The Bertz CT molecular complexity index is 807. The fraction of sp³-hybridized carbons (Fsp3) is 0.0667. The lowest BCUT2D eigenvalue weighted by atomic mass is 10.1. The summed E-state index contributed by atoms with van der Waals surface area (Å²) in [4.78, 5) is 15.6. The zero-order valence-corrected chi connectivity index (χ0v) is 10.7. The number of fused-ring (bicyclic) bond motifs is 1. The number of rotatable bonds is 2. The maximum absolute atomic E-state index is 13.0. The average Bonchev–Trinajstić information content (AvgIpc) is 2.84. The molecule has 0 fully saturated rings. The van der Waals surface area contributed by atoms with Crippen LogP contribution >= 0.6 is 0 Å². The highest BCUT2D eigenvalue weighted by atomic mass is 19.1. The SMILES string of the molecule is Cc1cc(-c2ccc(F)cc2)nc2c(C(=O)O)ccn12. The molecule has 3 aromatic rings. The lowest BCUT2D eigenvalue weighted by Gasteiger charge is -2.06. The van der Waals surface area contributed by atoms with Crippen LogP contribution in [-0.2, 0) is 0 Å². The van der Waals surface area contributed by atoms with Gasteiger partial charge in [-0.3, -0.25) is 0 Å². The monoisotopic (exact) mass is 270 g/mol. The number of hydrogen-bond acceptors (Lipinski definition) is 2. The van der Waals surface area contributed by atoms with Crippen LogP contribution in [0.3, 0.4) is 0 Å². The van der Waals surface area contributed by atoms with E-state index in [4.69, 9.17) is 5.11 Å². The molecule has 4 nitrogen and oxygen atoms in total. The summed E-state index contributed by atoms with van der Waals surface area (Å²) >= 11 is 0. The molecule has 0 atom stereocenters. The molecule has 0 aliphatic rings. The Morgan fingerprint density at radius 3 is 2.60 bits per heavy atom. The van der Waals surface area contributed by atoms with E-state index in [1.807, 2.05) is 13.0 Å². The predicted molar refractivity (Wildman–Crippen MR) is 72.3 cm³/mol. The van der Waals surface area contributed by atoms with Gasteiger partial charge in [-0.2, -0.15) is 0 Å². The summed E-state index contributed by atoms with van der Waals surface area (Å²) in [5.74, 6) is -1.34. The van der Waals surface area contributed by atoms with E-state index in [1.54, 1.807) is 22.7 Å². The molecule has 0 saturated heterocycles. The number of halogens is 1. The van der Waals surface area contributed by atoms with Crippen LogP contribution in [-0.4, -0.2) is 20.5 Å². The summed E-state index contributed by atoms with van der Waals surface area (Å²) in [5, 5.41) is 9.16. The van der Waals surface area contributed by atoms with E-state index in [0.29, 0.717) is 11.3 Å². The fourth-order valence-electron chi connectivity index (χ4n) is 2.17. The first-order chi connectivity index (χ1) is 9.56. The van der Waals surface area contributed by atoms with E-state index in [-0.39, 0.29) is 11.4 Å². The molecule has 0 bridgehead atoms. The molecule has 0 amide bonds. The highest BCUT2D eigenvalue weighted by Crippen LogP contribution is 2.22. The number of aromatic carboxylic acids is 1. The summed E-state index contributed by atoms with van der Waals surface area (Å²) < 4.78 is 14.7. The molecule has 1 N–H and O–H groups in total. The quantitative estimate of drug-likeness (QED) is 0.778. The molecular formula is C15H11FN2O2. The minimum Gasteiger partial charge on any atom is -0.478 e. The second-order valence-electron chi connectivity index (χ2n) is 4.52. The maximum Gasteiger partial charge on any atom is 0.339 e. The zero-order chi connectivity index (χ0) is 14.3. The van der Waals surface area contributed by atoms with Crippen LogP contribution in [0.5, 0.6) is 0 Å². The predicted octanol–water partition coefficient (Wildman–Crippen LogP) is 3.15. The summed E-state index contributed by atoms with van der Waals surface area (Å²) in [6.07, 6.45) is 1.68. The Balaban J connectivity index is 2.24. The standard InChI is InChI=1S/C15H11FN2O2/c1-9-8-13(10-2-4-11(16)5-3-10)17-14-12(15(19)20)6-7-18(9)14/h2-8H,1H3,(H,19,20). The van der Waals surface area contributed by atoms with Gasteiger partial charge in [0.1, 0.15) is 11.4 Å². The van der Waals surface area contributed by atoms with Crippen LogP contribution in [0.1, 0.15) is 16.1 Å². The first kappa shape index (κ1) is 12.3. The first-order valence-corrected chi connectivity index (χ1v) is 6.04. The minimum atomic E-state index is -1.02. The number of aryl methyl sites for hydroxylation is 1. The summed E-state index contributed by atoms with van der Waals surface area (Å²) in [5.41, 5.74) is 2.77. The first-order valence-electron chi connectivity index (χ1n) is 6.04. The maximum atomic E-state index is 13.0. The van der Waals surface area contributed by atoms with Gasteiger partial charge in [0.2, 0.25) is 0 Å². The van der Waals surface area contributed by atoms with Gasteiger partial charge in [0.15, 0.2) is 5.65 Å². The molecule has 2 aromatic heterocycles. The van der Waals surface area contributed by atoms with Crippen LogP contribution in [0, 0.1) is 12.7 Å². The molecule has 20 heavy (non-hydrogen) atoms. The highest BCUT2D eigenvalue weighted by molar-refractivity contribution is 5.95. The van der Waals surface area contributed by atoms with Crippen molar-refractivity contribution in [2.45, 2.75) is 6.92 Å². The third-order valence-corrected chi connectivity index (χ3v) is 3.18. The van der Waals surface area contributed by atoms with Crippen molar-refractivity contribution in [3.05, 3.63) is 59.7 Å². The number of hydrogen-bond donors (Lipinski definition) is 1. The fourth-order valence-corrected chi connectivity index (χ4v) is 2.17. The minimum absolute atomic E-state index is 0.150. The van der Waals surface area contributed by atoms with Crippen molar-refractivity contribution in [1.82, 2.24) is 9.38 Å². The molecule has 5 heteroatoms. The number of aromatic nitrogens is 2. The average molecular weight is 270 g/mol. The summed E-state index contributed by atoms with van der Waals surface area (Å²) in [7, 11) is 0. The highest BCUT2D eigenvalue weighted by Gasteiger charge is 2.13. The Labute approximate surface area is 114 Å². The van der Waals surface area contributed by atoms with E-state index < -0.39 is 5.97 Å². The van der Waals surface area contributed by atoms with Crippen molar-refractivity contribution in [1.29, 1.82) is 0 Å². The Hall–Kier alpha value is -2.69. The largest absolute Gasteiger partial charge is 0.478 e. The molecule has 0 aliphatic carbocycles. The Morgan fingerprint density at radius 2 is 1.95 bits per heavy atom. The number of carboxylic acids is 1. The number of carbonyl (C=O) groups is 1. The summed E-state index contributed by atoms with van der Waals surface area (Å²) in [6, 6.07) is 9.31. The van der Waals surface area contributed by atoms with Crippen LogP contribution in [0.2, 0.25) is 0 Å². The van der Waals surface area contributed by atoms with Crippen molar-refractivity contribution in [2.24, 2.45) is 0 Å². The lowest BCUT2D eigenvalue weighted by molar-refractivity contribution is 0.0699. The molecule has 0 spiro atoms.